The number of nitrogens with zero attached hydrogens (tertiary/aromatic N) is 2. The van der Waals surface area contributed by atoms with Gasteiger partial charge in [-0.15, -0.1) is 0 Å². The van der Waals surface area contributed by atoms with Gasteiger partial charge in [0.15, 0.2) is 0 Å². The molecular weight excluding hydrogens is 421 g/mol. The molecule has 2 heterocycles. The van der Waals surface area contributed by atoms with E-state index >= 15 is 0 Å². The van der Waals surface area contributed by atoms with Gasteiger partial charge < -0.3 is 0 Å². The van der Waals surface area contributed by atoms with Gasteiger partial charge in [-0.25, -0.2) is 18.1 Å². The second-order valence-corrected chi connectivity index (χ2v) is 8.32. The van der Waals surface area contributed by atoms with Gasteiger partial charge in [-0.3, -0.25) is 9.78 Å². The Morgan fingerprint density at radius 2 is 1.86 bits per heavy atom. The Balaban J connectivity index is 1.94. The van der Waals surface area contributed by atoms with Gasteiger partial charge in [0.1, 0.15) is 16.3 Å². The first-order valence-corrected chi connectivity index (χ1v) is 10.4. The molecule has 0 radical (unpaired) electrons. The fourth-order valence-electron chi connectivity index (χ4n) is 2.70. The van der Waals surface area contributed by atoms with Crippen molar-refractivity contribution in [2.24, 2.45) is 4.99 Å². The standard InChI is InChI=1S/C19H15Cl2N3O3S/c1-3-12-10-15(23-16(12)17-13(20)8-5-9-22-17)19(25)24-28(26,27)18-11(2)6-4-7-14(18)21/h3-10H,1-2H3,(H,24,25)/b12-3+. The van der Waals surface area contributed by atoms with E-state index < -0.39 is 15.9 Å². The number of aliphatic imine (C=N–C) groups is 1. The molecule has 144 valence electrons. The summed E-state index contributed by atoms with van der Waals surface area (Å²) in [6.45, 7) is 3.36. The van der Waals surface area contributed by atoms with Crippen molar-refractivity contribution >= 4 is 44.8 Å². The Morgan fingerprint density at radius 3 is 2.50 bits per heavy atom. The van der Waals surface area contributed by atoms with Crippen molar-refractivity contribution in [2.45, 2.75) is 18.7 Å². The van der Waals surface area contributed by atoms with E-state index in [0.29, 0.717) is 27.6 Å². The molecule has 28 heavy (non-hydrogen) atoms. The summed E-state index contributed by atoms with van der Waals surface area (Å²) < 4.78 is 27.3. The van der Waals surface area contributed by atoms with E-state index in [4.69, 9.17) is 23.2 Å². The lowest BCUT2D eigenvalue weighted by atomic mass is 10.1. The number of rotatable bonds is 4. The first-order chi connectivity index (χ1) is 13.2. The van der Waals surface area contributed by atoms with Gasteiger partial charge in [-0.1, -0.05) is 41.4 Å². The van der Waals surface area contributed by atoms with E-state index in [1.807, 2.05) is 4.72 Å². The number of sulfonamides is 1. The van der Waals surface area contributed by atoms with Crippen LogP contribution in [0.5, 0.6) is 0 Å². The molecule has 1 amide bonds. The van der Waals surface area contributed by atoms with Gasteiger partial charge in [0.25, 0.3) is 15.9 Å². The van der Waals surface area contributed by atoms with Crippen molar-refractivity contribution in [1.29, 1.82) is 0 Å². The van der Waals surface area contributed by atoms with Crippen LogP contribution in [0.1, 0.15) is 18.2 Å². The number of halogens is 2. The monoisotopic (exact) mass is 435 g/mol. The molecule has 0 atom stereocenters. The largest absolute Gasteiger partial charge is 0.283 e. The van der Waals surface area contributed by atoms with Crippen molar-refractivity contribution < 1.29 is 13.2 Å². The Labute approximate surface area is 172 Å². The Bertz CT molecular complexity index is 1150. The molecule has 2 aromatic rings. The van der Waals surface area contributed by atoms with Gasteiger partial charge in [0, 0.05) is 11.8 Å². The summed E-state index contributed by atoms with van der Waals surface area (Å²) in [6.07, 6.45) is 4.77. The van der Waals surface area contributed by atoms with E-state index in [-0.39, 0.29) is 15.6 Å². The Hall–Kier alpha value is -2.48. The van der Waals surface area contributed by atoms with Crippen LogP contribution in [0.25, 0.3) is 0 Å². The first-order valence-electron chi connectivity index (χ1n) is 8.15. The summed E-state index contributed by atoms with van der Waals surface area (Å²) in [5, 5.41) is 0.397. The van der Waals surface area contributed by atoms with E-state index in [1.54, 1.807) is 50.4 Å². The minimum absolute atomic E-state index is 0.0271. The Kier molecular flexibility index (Phi) is 5.69. The van der Waals surface area contributed by atoms with Crippen LogP contribution in [0.15, 0.2) is 69.8 Å². The smallest absolute Gasteiger partial charge is 0.266 e. The van der Waals surface area contributed by atoms with Crippen LogP contribution in [-0.4, -0.2) is 25.0 Å². The number of pyridine rings is 1. The quantitative estimate of drug-likeness (QED) is 0.789. The summed E-state index contributed by atoms with van der Waals surface area (Å²) in [7, 11) is -4.18. The first kappa shape index (κ1) is 20.3. The van der Waals surface area contributed by atoms with E-state index in [1.165, 1.54) is 12.1 Å². The number of nitrogens with one attached hydrogen (secondary N) is 1. The lowest BCUT2D eigenvalue weighted by molar-refractivity contribution is -0.115. The summed E-state index contributed by atoms with van der Waals surface area (Å²) in [6, 6.07) is 8.00. The summed E-state index contributed by atoms with van der Waals surface area (Å²) in [5.74, 6) is -0.874. The number of benzene rings is 1. The summed E-state index contributed by atoms with van der Waals surface area (Å²) in [4.78, 5) is 20.9. The van der Waals surface area contributed by atoms with Crippen molar-refractivity contribution in [2.75, 3.05) is 0 Å². The maximum Gasteiger partial charge on any atom is 0.283 e. The second-order valence-electron chi connectivity index (χ2n) is 5.89. The highest BCUT2D eigenvalue weighted by atomic mass is 35.5. The number of carbonyl (C=O) groups is 1. The van der Waals surface area contributed by atoms with Gasteiger partial charge in [-0.05, 0) is 43.7 Å². The summed E-state index contributed by atoms with van der Waals surface area (Å²) >= 11 is 12.2. The van der Waals surface area contributed by atoms with Crippen LogP contribution in [0, 0.1) is 6.92 Å². The maximum atomic E-state index is 12.7. The van der Waals surface area contributed by atoms with Crippen LogP contribution in [-0.2, 0) is 14.8 Å². The van der Waals surface area contributed by atoms with Gasteiger partial charge in [0.2, 0.25) is 0 Å². The molecule has 0 aliphatic carbocycles. The van der Waals surface area contributed by atoms with Gasteiger partial charge in [-0.2, -0.15) is 0 Å². The van der Waals surface area contributed by atoms with E-state index in [2.05, 4.69) is 9.98 Å². The molecule has 1 aliphatic heterocycles. The SMILES string of the molecule is C/C=C1\C=C(C(=O)NS(=O)(=O)c2c(C)cccc2Cl)N=C1c1ncccc1Cl. The molecule has 0 spiro atoms. The van der Waals surface area contributed by atoms with Crippen LogP contribution in [0.3, 0.4) is 0 Å². The molecule has 6 nitrogen and oxygen atoms in total. The maximum absolute atomic E-state index is 12.7. The summed E-state index contributed by atoms with van der Waals surface area (Å²) in [5.41, 5.74) is 1.76. The van der Waals surface area contributed by atoms with E-state index in [9.17, 15) is 13.2 Å². The minimum atomic E-state index is -4.18. The number of hydrogen-bond donors (Lipinski definition) is 1. The number of carbonyl (C=O) groups excluding carboxylic acids is 1. The molecule has 3 rings (SSSR count). The lowest BCUT2D eigenvalue weighted by Gasteiger charge is -2.10. The van der Waals surface area contributed by atoms with Gasteiger partial charge >= 0.3 is 0 Å². The zero-order valence-corrected chi connectivity index (χ0v) is 17.2. The van der Waals surface area contributed by atoms with Crippen molar-refractivity contribution in [3.8, 4) is 0 Å². The van der Waals surface area contributed by atoms with Crippen molar-refractivity contribution in [3.63, 3.8) is 0 Å². The highest BCUT2D eigenvalue weighted by molar-refractivity contribution is 7.90. The Morgan fingerprint density at radius 1 is 1.14 bits per heavy atom. The number of amides is 1. The van der Waals surface area contributed by atoms with Crippen molar-refractivity contribution in [3.05, 3.63) is 81.3 Å². The van der Waals surface area contributed by atoms with Crippen LogP contribution in [0.2, 0.25) is 10.0 Å². The molecule has 0 unspecified atom stereocenters. The third kappa shape index (κ3) is 3.87. The van der Waals surface area contributed by atoms with Crippen LogP contribution in [0.4, 0.5) is 0 Å². The average Bonchev–Trinajstić information content (AvgIpc) is 3.05. The molecule has 0 bridgehead atoms. The molecule has 1 aliphatic rings. The van der Waals surface area contributed by atoms with Crippen LogP contribution >= 0.6 is 23.2 Å². The van der Waals surface area contributed by atoms with Crippen LogP contribution < -0.4 is 4.72 Å². The topological polar surface area (TPSA) is 88.5 Å². The fourth-order valence-corrected chi connectivity index (χ4v) is 4.71. The fraction of sp³-hybridized carbons (Fsp3) is 0.105. The molecule has 0 saturated carbocycles. The molecule has 0 fully saturated rings. The number of aromatic nitrogens is 1. The predicted octanol–water partition coefficient (Wildman–Crippen LogP) is 3.83. The minimum Gasteiger partial charge on any atom is -0.266 e. The lowest BCUT2D eigenvalue weighted by Crippen LogP contribution is -2.31. The average molecular weight is 436 g/mol. The third-order valence-electron chi connectivity index (χ3n) is 3.98. The zero-order valence-electron chi connectivity index (χ0n) is 14.9. The highest BCUT2D eigenvalue weighted by Gasteiger charge is 2.28. The zero-order chi connectivity index (χ0) is 20.5. The highest BCUT2D eigenvalue weighted by Crippen LogP contribution is 2.27. The number of allylic oxidation sites excluding steroid dienone is 3. The molecule has 1 aromatic carbocycles. The van der Waals surface area contributed by atoms with E-state index in [0.717, 1.165) is 0 Å². The number of hydrogen-bond acceptors (Lipinski definition) is 5. The van der Waals surface area contributed by atoms with Crippen molar-refractivity contribution in [1.82, 2.24) is 9.71 Å². The number of aryl methyl sites for hydroxylation is 1. The molecular formula is C19H15Cl2N3O3S. The molecule has 1 aromatic heterocycles. The molecule has 1 N–H and O–H groups in total. The predicted molar refractivity (Wildman–Crippen MR) is 109 cm³/mol. The normalized spacial score (nSPS) is 15.4. The molecule has 9 heteroatoms. The second kappa shape index (κ2) is 7.87. The van der Waals surface area contributed by atoms with Gasteiger partial charge in [0.05, 0.1) is 15.8 Å². The molecule has 0 saturated heterocycles. The third-order valence-corrected chi connectivity index (χ3v) is 6.25.